The quantitative estimate of drug-likeness (QED) is 0.502. The van der Waals surface area contributed by atoms with E-state index in [1.54, 1.807) is 0 Å². The fourth-order valence-corrected chi connectivity index (χ4v) is 0.901. The average molecular weight is 230 g/mol. The van der Waals surface area contributed by atoms with Gasteiger partial charge in [-0.15, -0.1) is 4.73 Å². The lowest BCUT2D eigenvalue weighted by Gasteiger charge is -2.08. The SMILES string of the molecule is N[C@@H](CC(=O)On1c(O)ccc1O)C(=O)O. The summed E-state index contributed by atoms with van der Waals surface area (Å²) >= 11 is 0. The van der Waals surface area contributed by atoms with Gasteiger partial charge in [-0.1, -0.05) is 0 Å². The van der Waals surface area contributed by atoms with Crippen LogP contribution in [0.5, 0.6) is 11.8 Å². The van der Waals surface area contributed by atoms with Crippen LogP contribution in [0.4, 0.5) is 0 Å². The molecule has 0 fully saturated rings. The van der Waals surface area contributed by atoms with E-state index in [0.717, 1.165) is 12.1 Å². The van der Waals surface area contributed by atoms with Crippen LogP contribution in [-0.2, 0) is 9.59 Å². The smallest absolute Gasteiger partial charge is 0.335 e. The molecule has 0 amide bonds. The lowest BCUT2D eigenvalue weighted by atomic mass is 10.2. The van der Waals surface area contributed by atoms with Crippen molar-refractivity contribution in [1.82, 2.24) is 4.73 Å². The van der Waals surface area contributed by atoms with E-state index in [1.165, 1.54) is 0 Å². The number of aromatic nitrogens is 1. The van der Waals surface area contributed by atoms with Gasteiger partial charge in [-0.25, -0.2) is 4.79 Å². The van der Waals surface area contributed by atoms with E-state index in [4.69, 9.17) is 21.1 Å². The summed E-state index contributed by atoms with van der Waals surface area (Å²) in [6.45, 7) is 0. The summed E-state index contributed by atoms with van der Waals surface area (Å²) in [5.74, 6) is -3.32. The molecule has 0 spiro atoms. The van der Waals surface area contributed by atoms with Gasteiger partial charge in [-0.2, -0.15) is 0 Å². The number of nitrogens with two attached hydrogens (primary N) is 1. The van der Waals surface area contributed by atoms with Crippen molar-refractivity contribution < 1.29 is 29.7 Å². The van der Waals surface area contributed by atoms with Crippen LogP contribution in [-0.4, -0.2) is 38.0 Å². The second kappa shape index (κ2) is 4.53. The molecule has 0 saturated heterocycles. The van der Waals surface area contributed by atoms with Gasteiger partial charge in [0, 0.05) is 12.1 Å². The summed E-state index contributed by atoms with van der Waals surface area (Å²) in [5.41, 5.74) is 5.09. The molecule has 8 heteroatoms. The highest BCUT2D eigenvalue weighted by Crippen LogP contribution is 2.18. The Balaban J connectivity index is 2.62. The number of rotatable bonds is 4. The van der Waals surface area contributed by atoms with E-state index in [9.17, 15) is 9.59 Å². The molecule has 0 aromatic carbocycles. The monoisotopic (exact) mass is 230 g/mol. The summed E-state index contributed by atoms with van der Waals surface area (Å²) in [7, 11) is 0. The molecule has 0 saturated carbocycles. The Bertz CT molecular complexity index is 393. The third-order valence-corrected chi connectivity index (χ3v) is 1.69. The van der Waals surface area contributed by atoms with Crippen molar-refractivity contribution in [3.63, 3.8) is 0 Å². The molecular formula is C8H10N2O6. The lowest BCUT2D eigenvalue weighted by molar-refractivity contribution is -0.150. The zero-order chi connectivity index (χ0) is 12.3. The van der Waals surface area contributed by atoms with Gasteiger partial charge >= 0.3 is 11.9 Å². The topological polar surface area (TPSA) is 135 Å². The molecule has 0 aliphatic carbocycles. The van der Waals surface area contributed by atoms with Crippen molar-refractivity contribution in [3.05, 3.63) is 12.1 Å². The molecule has 1 heterocycles. The maximum Gasteiger partial charge on any atom is 0.335 e. The molecule has 8 nitrogen and oxygen atoms in total. The Kier molecular flexibility index (Phi) is 3.36. The van der Waals surface area contributed by atoms with Crippen LogP contribution in [0.2, 0.25) is 0 Å². The Labute approximate surface area is 89.4 Å². The molecule has 0 radical (unpaired) electrons. The van der Waals surface area contributed by atoms with Crippen LogP contribution in [0.3, 0.4) is 0 Å². The number of carboxylic acid groups (broad SMARTS) is 1. The maximum atomic E-state index is 11.1. The minimum absolute atomic E-state index is 0.455. The van der Waals surface area contributed by atoms with E-state index in [2.05, 4.69) is 4.84 Å². The molecule has 1 aromatic heterocycles. The number of carbonyl (C=O) groups is 2. The molecule has 0 unspecified atom stereocenters. The van der Waals surface area contributed by atoms with Crippen LogP contribution >= 0.6 is 0 Å². The molecule has 5 N–H and O–H groups in total. The van der Waals surface area contributed by atoms with Gasteiger partial charge in [0.2, 0.25) is 11.8 Å². The molecule has 1 atom stereocenters. The van der Waals surface area contributed by atoms with Gasteiger partial charge in [0.05, 0.1) is 6.42 Å². The van der Waals surface area contributed by atoms with Crippen LogP contribution in [0.25, 0.3) is 0 Å². The van der Waals surface area contributed by atoms with E-state index in [1.807, 2.05) is 0 Å². The van der Waals surface area contributed by atoms with Gasteiger partial charge in [-0.05, 0) is 0 Å². The number of aromatic hydroxyl groups is 2. The number of hydrogen-bond donors (Lipinski definition) is 4. The van der Waals surface area contributed by atoms with E-state index in [-0.39, 0.29) is 0 Å². The number of aliphatic carboxylic acids is 1. The molecule has 16 heavy (non-hydrogen) atoms. The number of nitrogens with zero attached hydrogens (tertiary/aromatic N) is 1. The summed E-state index contributed by atoms with van der Waals surface area (Å²) in [4.78, 5) is 25.9. The summed E-state index contributed by atoms with van der Waals surface area (Å²) in [6.07, 6.45) is -0.577. The van der Waals surface area contributed by atoms with E-state index in [0.29, 0.717) is 4.73 Å². The van der Waals surface area contributed by atoms with Crippen LogP contribution in [0, 0.1) is 0 Å². The Morgan fingerprint density at radius 3 is 2.31 bits per heavy atom. The van der Waals surface area contributed by atoms with Crippen molar-refractivity contribution in [1.29, 1.82) is 0 Å². The minimum atomic E-state index is -1.40. The van der Waals surface area contributed by atoms with Crippen molar-refractivity contribution in [2.75, 3.05) is 0 Å². The van der Waals surface area contributed by atoms with Crippen molar-refractivity contribution in [2.24, 2.45) is 5.73 Å². The molecule has 1 aromatic rings. The van der Waals surface area contributed by atoms with E-state index < -0.39 is 36.2 Å². The first-order valence-electron chi connectivity index (χ1n) is 4.21. The normalized spacial score (nSPS) is 12.1. The lowest BCUT2D eigenvalue weighted by Crippen LogP contribution is -2.35. The van der Waals surface area contributed by atoms with Gasteiger partial charge < -0.3 is 25.9 Å². The highest BCUT2D eigenvalue weighted by atomic mass is 16.7. The third kappa shape index (κ3) is 2.64. The Morgan fingerprint density at radius 2 is 1.88 bits per heavy atom. The zero-order valence-electron chi connectivity index (χ0n) is 8.03. The second-order valence-corrected chi connectivity index (χ2v) is 2.96. The Hall–Kier alpha value is -2.22. The summed E-state index contributed by atoms with van der Waals surface area (Å²) in [6, 6.07) is 0.798. The number of hydrogen-bond acceptors (Lipinski definition) is 6. The fourth-order valence-electron chi connectivity index (χ4n) is 0.901. The first-order valence-corrected chi connectivity index (χ1v) is 4.21. The standard InChI is InChI=1S/C8H10N2O6/c9-4(8(14)15)3-7(13)16-10-5(11)1-2-6(10)12/h1-2,4,11-12H,3,9H2,(H,14,15)/t4-/m0/s1. The number of carbonyl (C=O) groups excluding carboxylic acids is 1. The fraction of sp³-hybridized carbons (Fsp3) is 0.250. The van der Waals surface area contributed by atoms with Gasteiger partial charge in [0.25, 0.3) is 0 Å². The predicted molar refractivity (Wildman–Crippen MR) is 49.6 cm³/mol. The molecule has 0 aliphatic rings. The highest BCUT2D eigenvalue weighted by Gasteiger charge is 2.19. The second-order valence-electron chi connectivity index (χ2n) is 2.96. The van der Waals surface area contributed by atoms with Gasteiger partial charge in [-0.3, -0.25) is 4.79 Å². The molecule has 0 bridgehead atoms. The molecule has 88 valence electrons. The molecule has 0 aliphatic heterocycles. The van der Waals surface area contributed by atoms with Gasteiger partial charge in [0.15, 0.2) is 0 Å². The van der Waals surface area contributed by atoms with Crippen molar-refractivity contribution in [3.8, 4) is 11.8 Å². The molecular weight excluding hydrogens is 220 g/mol. The maximum absolute atomic E-state index is 11.1. The van der Waals surface area contributed by atoms with Crippen LogP contribution < -0.4 is 10.6 Å². The zero-order valence-corrected chi connectivity index (χ0v) is 8.03. The minimum Gasteiger partial charge on any atom is -0.492 e. The van der Waals surface area contributed by atoms with Crippen molar-refractivity contribution >= 4 is 11.9 Å². The van der Waals surface area contributed by atoms with Crippen molar-refractivity contribution in [2.45, 2.75) is 12.5 Å². The van der Waals surface area contributed by atoms with Crippen LogP contribution in [0.1, 0.15) is 6.42 Å². The van der Waals surface area contributed by atoms with Gasteiger partial charge in [0.1, 0.15) is 6.04 Å². The predicted octanol–water partition coefficient (Wildman–Crippen LogP) is -1.34. The van der Waals surface area contributed by atoms with Crippen LogP contribution in [0.15, 0.2) is 12.1 Å². The largest absolute Gasteiger partial charge is 0.492 e. The highest BCUT2D eigenvalue weighted by molar-refractivity contribution is 5.81. The first kappa shape index (κ1) is 11.9. The molecule has 1 rings (SSSR count). The average Bonchev–Trinajstić information content (AvgIpc) is 2.49. The van der Waals surface area contributed by atoms with E-state index >= 15 is 0 Å². The first-order chi connectivity index (χ1) is 7.41. The summed E-state index contributed by atoms with van der Waals surface area (Å²) in [5, 5.41) is 26.6. The third-order valence-electron chi connectivity index (χ3n) is 1.69. The number of carboxylic acids is 1. The summed E-state index contributed by atoms with van der Waals surface area (Å²) < 4.78 is 0.455. The Morgan fingerprint density at radius 1 is 1.38 bits per heavy atom.